The van der Waals surface area contributed by atoms with Gasteiger partial charge in [0, 0.05) is 37.6 Å². The summed E-state index contributed by atoms with van der Waals surface area (Å²) >= 11 is 0. The molecule has 1 aliphatic heterocycles. The first-order chi connectivity index (χ1) is 11.4. The lowest BCUT2D eigenvalue weighted by molar-refractivity contribution is -0.151. The molecule has 3 rings (SSSR count). The summed E-state index contributed by atoms with van der Waals surface area (Å²) < 4.78 is 32.6. The van der Waals surface area contributed by atoms with Gasteiger partial charge in [0.2, 0.25) is 5.91 Å². The number of methoxy groups -OCH3 is 1. The molecule has 1 aliphatic carbocycles. The maximum atomic E-state index is 13.8. The van der Waals surface area contributed by atoms with Crippen LogP contribution in [-0.2, 0) is 14.3 Å². The third-order valence-corrected chi connectivity index (χ3v) is 5.02. The zero-order valence-electron chi connectivity index (χ0n) is 13.3. The number of hydrogen-bond donors (Lipinski definition) is 1. The quantitative estimate of drug-likeness (QED) is 0.891. The summed E-state index contributed by atoms with van der Waals surface area (Å²) in [7, 11) is 1.42. The second-order valence-corrected chi connectivity index (χ2v) is 6.61. The third kappa shape index (κ3) is 2.77. The number of carboxylic acid groups (broad SMARTS) is 1. The molecule has 130 valence electrons. The standard InChI is InChI=1S/C17H19F2NO4/c1-24-9-17(16(22)23)5-6-20(8-17)15(21)11-7-10(11)14-12(18)3-2-4-13(14)19/h2-4,10-11H,5-9H2,1H3,(H,22,23). The number of benzene rings is 1. The second-order valence-electron chi connectivity index (χ2n) is 6.61. The van der Waals surface area contributed by atoms with Crippen LogP contribution in [0.4, 0.5) is 8.78 Å². The molecule has 3 unspecified atom stereocenters. The largest absolute Gasteiger partial charge is 0.481 e. The predicted octanol–water partition coefficient (Wildman–Crippen LogP) is 2.02. The summed E-state index contributed by atoms with van der Waals surface area (Å²) in [5, 5.41) is 9.43. The fraction of sp³-hybridized carbons (Fsp3) is 0.529. The molecule has 24 heavy (non-hydrogen) atoms. The van der Waals surface area contributed by atoms with Crippen molar-refractivity contribution in [2.75, 3.05) is 26.8 Å². The van der Waals surface area contributed by atoms with E-state index in [0.717, 1.165) is 0 Å². The molecule has 2 aliphatic rings. The fourth-order valence-electron chi connectivity index (χ4n) is 3.58. The number of aliphatic carboxylic acids is 1. The van der Waals surface area contributed by atoms with E-state index in [1.165, 1.54) is 30.2 Å². The van der Waals surface area contributed by atoms with Gasteiger partial charge in [-0.05, 0) is 25.0 Å². The maximum absolute atomic E-state index is 13.8. The van der Waals surface area contributed by atoms with Crippen LogP contribution in [0.15, 0.2) is 18.2 Å². The molecule has 0 bridgehead atoms. The monoisotopic (exact) mass is 339 g/mol. The number of carbonyl (C=O) groups excluding carboxylic acids is 1. The molecule has 5 nitrogen and oxygen atoms in total. The molecule has 1 aromatic carbocycles. The van der Waals surface area contributed by atoms with Crippen LogP contribution in [0.3, 0.4) is 0 Å². The topological polar surface area (TPSA) is 66.8 Å². The molecule has 1 N–H and O–H groups in total. The van der Waals surface area contributed by atoms with E-state index in [2.05, 4.69) is 0 Å². The first-order valence-corrected chi connectivity index (χ1v) is 7.84. The van der Waals surface area contributed by atoms with Crippen molar-refractivity contribution in [3.63, 3.8) is 0 Å². The normalized spacial score (nSPS) is 28.9. The Bertz CT molecular complexity index is 660. The first kappa shape index (κ1) is 16.8. The Hall–Kier alpha value is -2.02. The van der Waals surface area contributed by atoms with Crippen LogP contribution in [0.25, 0.3) is 0 Å². The predicted molar refractivity (Wildman–Crippen MR) is 80.3 cm³/mol. The molecule has 1 amide bonds. The Labute approximate surface area is 138 Å². The highest BCUT2D eigenvalue weighted by molar-refractivity contribution is 5.85. The van der Waals surface area contributed by atoms with Crippen molar-refractivity contribution in [2.45, 2.75) is 18.8 Å². The fourth-order valence-corrected chi connectivity index (χ4v) is 3.58. The highest BCUT2D eigenvalue weighted by Gasteiger charge is 2.52. The number of halogens is 2. The summed E-state index contributed by atoms with van der Waals surface area (Å²) in [5.74, 6) is -3.47. The molecule has 3 atom stereocenters. The van der Waals surface area contributed by atoms with Gasteiger partial charge in [-0.2, -0.15) is 0 Å². The lowest BCUT2D eigenvalue weighted by Gasteiger charge is -2.24. The van der Waals surface area contributed by atoms with Crippen LogP contribution in [0.5, 0.6) is 0 Å². The Morgan fingerprint density at radius 2 is 2.04 bits per heavy atom. The van der Waals surface area contributed by atoms with Crippen molar-refractivity contribution in [3.8, 4) is 0 Å². The van der Waals surface area contributed by atoms with Gasteiger partial charge in [-0.1, -0.05) is 6.07 Å². The van der Waals surface area contributed by atoms with E-state index in [0.29, 0.717) is 19.4 Å². The Kier molecular flexibility index (Phi) is 4.29. The Morgan fingerprint density at radius 1 is 1.38 bits per heavy atom. The molecule has 1 heterocycles. The Morgan fingerprint density at radius 3 is 2.62 bits per heavy atom. The number of nitrogens with zero attached hydrogens (tertiary/aromatic N) is 1. The van der Waals surface area contributed by atoms with Crippen LogP contribution in [-0.4, -0.2) is 48.7 Å². The number of carbonyl (C=O) groups is 2. The number of likely N-dealkylation sites (tertiary alicyclic amines) is 1. The van der Waals surface area contributed by atoms with Gasteiger partial charge in [0.25, 0.3) is 0 Å². The summed E-state index contributed by atoms with van der Waals surface area (Å²) in [5.41, 5.74) is -1.14. The zero-order valence-corrected chi connectivity index (χ0v) is 13.3. The van der Waals surface area contributed by atoms with Crippen molar-refractivity contribution in [2.24, 2.45) is 11.3 Å². The van der Waals surface area contributed by atoms with Gasteiger partial charge >= 0.3 is 5.97 Å². The average Bonchev–Trinajstić information content (AvgIpc) is 3.18. The summed E-state index contributed by atoms with van der Waals surface area (Å²) in [6, 6.07) is 3.66. The van der Waals surface area contributed by atoms with E-state index in [1.807, 2.05) is 0 Å². The van der Waals surface area contributed by atoms with Crippen LogP contribution < -0.4 is 0 Å². The molecule has 0 radical (unpaired) electrons. The maximum Gasteiger partial charge on any atom is 0.313 e. The molecular formula is C17H19F2NO4. The minimum Gasteiger partial charge on any atom is -0.481 e. The SMILES string of the molecule is COCC1(C(=O)O)CCN(C(=O)C2CC2c2c(F)cccc2F)C1. The van der Waals surface area contributed by atoms with Crippen LogP contribution >= 0.6 is 0 Å². The van der Waals surface area contributed by atoms with Gasteiger partial charge in [-0.3, -0.25) is 9.59 Å². The van der Waals surface area contributed by atoms with E-state index in [9.17, 15) is 23.5 Å². The number of rotatable bonds is 5. The molecule has 1 aromatic rings. The van der Waals surface area contributed by atoms with E-state index in [1.54, 1.807) is 0 Å². The highest BCUT2D eigenvalue weighted by Crippen LogP contribution is 2.50. The van der Waals surface area contributed by atoms with Crippen LogP contribution in [0.2, 0.25) is 0 Å². The molecule has 7 heteroatoms. The summed E-state index contributed by atoms with van der Waals surface area (Å²) in [6.07, 6.45) is 0.699. The summed E-state index contributed by atoms with van der Waals surface area (Å²) in [6.45, 7) is 0.414. The first-order valence-electron chi connectivity index (χ1n) is 7.84. The lowest BCUT2D eigenvalue weighted by Crippen LogP contribution is -2.40. The molecule has 0 aromatic heterocycles. The van der Waals surface area contributed by atoms with Crippen molar-refractivity contribution in [1.29, 1.82) is 0 Å². The second kappa shape index (κ2) is 6.12. The van der Waals surface area contributed by atoms with Gasteiger partial charge in [-0.25, -0.2) is 8.78 Å². The van der Waals surface area contributed by atoms with Crippen molar-refractivity contribution in [3.05, 3.63) is 35.4 Å². The molecule has 1 saturated heterocycles. The van der Waals surface area contributed by atoms with Crippen molar-refractivity contribution < 1.29 is 28.2 Å². The molecule has 2 fully saturated rings. The van der Waals surface area contributed by atoms with Crippen LogP contribution in [0, 0.1) is 23.0 Å². The van der Waals surface area contributed by atoms with E-state index >= 15 is 0 Å². The number of ether oxygens (including phenoxy) is 1. The van der Waals surface area contributed by atoms with Gasteiger partial charge in [0.1, 0.15) is 17.0 Å². The van der Waals surface area contributed by atoms with Gasteiger partial charge in [0.15, 0.2) is 0 Å². The molecule has 0 spiro atoms. The third-order valence-electron chi connectivity index (χ3n) is 5.02. The van der Waals surface area contributed by atoms with Crippen LogP contribution in [0.1, 0.15) is 24.3 Å². The smallest absolute Gasteiger partial charge is 0.313 e. The zero-order chi connectivity index (χ0) is 17.5. The average molecular weight is 339 g/mol. The lowest BCUT2D eigenvalue weighted by atomic mass is 9.88. The van der Waals surface area contributed by atoms with Gasteiger partial charge < -0.3 is 14.7 Å². The molecular weight excluding hydrogens is 320 g/mol. The van der Waals surface area contributed by atoms with Crippen molar-refractivity contribution >= 4 is 11.9 Å². The number of amides is 1. The summed E-state index contributed by atoms with van der Waals surface area (Å²) in [4.78, 5) is 25.6. The molecule has 1 saturated carbocycles. The number of carboxylic acids is 1. The van der Waals surface area contributed by atoms with Gasteiger partial charge in [0.05, 0.1) is 6.61 Å². The minimum absolute atomic E-state index is 0.0299. The Balaban J connectivity index is 1.70. The number of hydrogen-bond acceptors (Lipinski definition) is 3. The van der Waals surface area contributed by atoms with E-state index in [-0.39, 0.29) is 24.6 Å². The van der Waals surface area contributed by atoms with Crippen molar-refractivity contribution in [1.82, 2.24) is 4.90 Å². The van der Waals surface area contributed by atoms with E-state index in [4.69, 9.17) is 4.74 Å². The van der Waals surface area contributed by atoms with Gasteiger partial charge in [-0.15, -0.1) is 0 Å². The minimum atomic E-state index is -1.10. The highest BCUT2D eigenvalue weighted by atomic mass is 19.1. The van der Waals surface area contributed by atoms with E-state index < -0.39 is 34.9 Å².